The molecule has 7 aromatic heterocycles. The molecule has 9 aromatic carbocycles. The number of methoxy groups -OCH3 is 2. The fourth-order valence-electron chi connectivity index (χ4n) is 15.3. The fraction of sp³-hybridized carbons (Fsp3) is 0.240. The zero-order valence-corrected chi connectivity index (χ0v) is 69.9. The molecule has 7 heterocycles. The highest BCUT2D eigenvalue weighted by molar-refractivity contribution is 8.93. The van der Waals surface area contributed by atoms with Crippen molar-refractivity contribution < 1.29 is 29.9 Å². The molecule has 16 rings (SSSR count). The Morgan fingerprint density at radius 3 is 0.891 bits per heavy atom. The average molecular weight is 1660 g/mol. The minimum atomic E-state index is -0.357. The number of para-hydroxylation sites is 8. The van der Waals surface area contributed by atoms with Crippen molar-refractivity contribution in [2.45, 2.75) is 111 Å². The second kappa shape index (κ2) is 39.9. The van der Waals surface area contributed by atoms with Crippen LogP contribution in [-0.4, -0.2) is 113 Å². The third kappa shape index (κ3) is 20.3. The molecule has 0 radical (unpaired) electrons. The van der Waals surface area contributed by atoms with Gasteiger partial charge < -0.3 is 71.4 Å². The van der Waals surface area contributed by atoms with E-state index in [0.29, 0.717) is 86.1 Å². The van der Waals surface area contributed by atoms with Gasteiger partial charge in [0.15, 0.2) is 0 Å². The molecule has 0 saturated carbocycles. The van der Waals surface area contributed by atoms with Crippen LogP contribution in [0.4, 0.5) is 0 Å². The number of aryl methyl sites for hydroxylation is 5. The summed E-state index contributed by atoms with van der Waals surface area (Å²) in [6.45, 7) is 12.3. The van der Waals surface area contributed by atoms with Crippen molar-refractivity contribution in [3.05, 3.63) is 379 Å². The third-order valence-corrected chi connectivity index (χ3v) is 21.6. The molecule has 0 spiro atoms. The minimum absolute atomic E-state index is 0. The van der Waals surface area contributed by atoms with Gasteiger partial charge in [0.25, 0.3) is 0 Å². The van der Waals surface area contributed by atoms with Crippen LogP contribution in [0.5, 0.6) is 11.8 Å². The van der Waals surface area contributed by atoms with Gasteiger partial charge in [0.05, 0.1) is 141 Å². The Balaban J connectivity index is 0.000000145. The van der Waals surface area contributed by atoms with Crippen molar-refractivity contribution in [3.8, 4) is 11.8 Å². The molecule has 0 bridgehead atoms. The zero-order chi connectivity index (χ0) is 82.9. The summed E-state index contributed by atoms with van der Waals surface area (Å²) in [5, 5.41) is 76.3. The summed E-state index contributed by atoms with van der Waals surface area (Å²) < 4.78 is 26.0. The lowest BCUT2D eigenvalue weighted by molar-refractivity contribution is 0.224. The Labute approximate surface area is 701 Å². The quantitative estimate of drug-likeness (QED) is 0.0249. The molecule has 0 aliphatic carbocycles. The second-order valence-corrected chi connectivity index (χ2v) is 30.0. The normalized spacial score (nSPS) is 12.2. The second-order valence-electron chi connectivity index (χ2n) is 30.0. The van der Waals surface area contributed by atoms with E-state index >= 15 is 0 Å². The maximum absolute atomic E-state index is 11.6. The summed E-state index contributed by atoms with van der Waals surface area (Å²) in [5.41, 5.74) is 23.0. The molecule has 119 heavy (non-hydrogen) atoms. The number of hydrogen-bond acceptors (Lipinski definition) is 13. The monoisotopic (exact) mass is 1660 g/mol. The smallest absolute Gasteiger partial charge is 0.248 e. The predicted molar refractivity (Wildman–Crippen MR) is 474 cm³/mol. The summed E-state index contributed by atoms with van der Waals surface area (Å²) in [7, 11) is 3.18. The number of pyridine rings is 3. The van der Waals surface area contributed by atoms with E-state index in [1.165, 1.54) is 33.9 Å². The fourth-order valence-corrected chi connectivity index (χ4v) is 15.3. The van der Waals surface area contributed by atoms with Crippen LogP contribution in [0.1, 0.15) is 96.9 Å². The number of aliphatic hydroxyl groups is 4. The van der Waals surface area contributed by atoms with E-state index in [1.54, 1.807) is 26.4 Å². The van der Waals surface area contributed by atoms with E-state index in [9.17, 15) is 25.2 Å². The van der Waals surface area contributed by atoms with Crippen LogP contribution < -0.4 is 37.5 Å². The van der Waals surface area contributed by atoms with Crippen molar-refractivity contribution in [2.24, 2.45) is 0 Å². The van der Waals surface area contributed by atoms with E-state index in [4.69, 9.17) is 31.1 Å². The van der Waals surface area contributed by atoms with Gasteiger partial charge in [-0.3, -0.25) is 26.4 Å². The van der Waals surface area contributed by atoms with E-state index in [0.717, 1.165) is 89.0 Å². The zero-order valence-electron chi connectivity index (χ0n) is 68.2. The lowest BCUT2D eigenvalue weighted by Gasteiger charge is -2.17. The van der Waals surface area contributed by atoms with E-state index in [2.05, 4.69) is 177 Å². The van der Waals surface area contributed by atoms with Gasteiger partial charge in [0.1, 0.15) is 0 Å². The van der Waals surface area contributed by atoms with Crippen LogP contribution in [-0.2, 0) is 51.9 Å². The molecule has 612 valence electrons. The molecule has 4 unspecified atom stereocenters. The molecule has 0 aliphatic rings. The number of aromatic nitrogens is 11. The molecule has 0 saturated heterocycles. The van der Waals surface area contributed by atoms with Crippen LogP contribution in [0, 0.1) is 56.3 Å². The summed E-state index contributed by atoms with van der Waals surface area (Å²) in [6.07, 6.45) is 2.27. The maximum atomic E-state index is 11.6. The molecule has 0 aliphatic heterocycles. The van der Waals surface area contributed by atoms with Crippen LogP contribution in [0.25, 0.3) is 44.1 Å². The maximum Gasteiger partial charge on any atom is 0.248 e. The van der Waals surface area contributed by atoms with Gasteiger partial charge in [-0.25, -0.2) is 9.97 Å². The molecule has 9 N–H and O–H groups in total. The summed E-state index contributed by atoms with van der Waals surface area (Å²) in [5.74, 6) is 1.10. The standard InChI is InChI=1S/C25H27N3O.2C24H26N4O2.C23H24N4O2.BrH/c1-18-7-11-20(12-8-18)15-22(17-29)28-24-6-4-3-5-23(24)27(25(28)26)16-21-13-9-19(2)10-14-21;1-17-10-12-18(13-11-17)15-27-21-7-3-4-8-22(21)28(24(27)25)20(16-29)14-19-6-5-9-23(26-19)30-2;1-17-10-12-18(13-11-17)14-20(16-29)28-22-8-4-3-7-21(22)27(24(28)25)15-19-6-5-9-23(26-19)30-2;1-16-9-11-17(12-10-16)14-26-20-6-2-3-7-21(20)27(23(26)24)19(15-28)13-18-5-4-8-22(29)25-18;/h3-14,22,26,29H,15-17H2,1-2H3;2*3-13,20,25,29H,14-16H2,1-2H3;2-12,19,24,28H,13-15H2,1H3,(H,25,29);1H. The topological polar surface area (TPSA) is 293 Å². The predicted octanol–water partition coefficient (Wildman–Crippen LogP) is 14.6. The lowest BCUT2D eigenvalue weighted by atomic mass is 10.0. The number of benzene rings is 9. The van der Waals surface area contributed by atoms with Gasteiger partial charge in [-0.2, -0.15) is 0 Å². The Morgan fingerprint density at radius 1 is 0.311 bits per heavy atom. The highest BCUT2D eigenvalue weighted by Gasteiger charge is 2.25. The summed E-state index contributed by atoms with van der Waals surface area (Å²) in [4.78, 5) is 23.4. The van der Waals surface area contributed by atoms with E-state index < -0.39 is 0 Å². The van der Waals surface area contributed by atoms with E-state index in [1.807, 2.05) is 164 Å². The molecular formula is C96H104BrN15O7. The Kier molecular flexibility index (Phi) is 28.7. The highest BCUT2D eigenvalue weighted by atomic mass is 79.9. The Hall–Kier alpha value is -12.8. The SMILES string of the molecule is Br.COc1cccc(CC(CO)n2c(=N)n(Cc3ccc(C)cc3)c3ccccc32)n1.COc1cccc(Cn2c(=N)n(C(CO)Cc3ccc(C)cc3)c3ccccc32)n1.Cc1ccc(CC(CO)n2c(=N)n(Cc3ccc(C)cc3)c3ccccc32)cc1.Cc1ccc(Cn2c(=N)n(C(CO)Cc3cccc(=O)[nH]3)c3ccccc32)cc1. The third-order valence-electron chi connectivity index (χ3n) is 21.6. The highest BCUT2D eigenvalue weighted by Crippen LogP contribution is 2.28. The number of nitrogens with one attached hydrogen (secondary N) is 5. The summed E-state index contributed by atoms with van der Waals surface area (Å²) in [6, 6.07) is 88.8. The van der Waals surface area contributed by atoms with Crippen LogP contribution >= 0.6 is 17.0 Å². The van der Waals surface area contributed by atoms with Crippen molar-refractivity contribution in [2.75, 3.05) is 40.6 Å². The van der Waals surface area contributed by atoms with Crippen LogP contribution in [0.3, 0.4) is 0 Å². The van der Waals surface area contributed by atoms with Crippen molar-refractivity contribution in [1.82, 2.24) is 51.5 Å². The minimum Gasteiger partial charge on any atom is -0.481 e. The molecule has 4 atom stereocenters. The first-order valence-corrected chi connectivity index (χ1v) is 39.7. The first kappa shape index (κ1) is 85.6. The van der Waals surface area contributed by atoms with Crippen molar-refractivity contribution in [3.63, 3.8) is 0 Å². The number of ether oxygens (including phenoxy) is 2. The van der Waals surface area contributed by atoms with Crippen LogP contribution in [0.2, 0.25) is 0 Å². The number of hydrogen-bond donors (Lipinski definition) is 9. The molecule has 0 fully saturated rings. The van der Waals surface area contributed by atoms with Gasteiger partial charge in [0, 0.05) is 42.4 Å². The number of halogens is 1. The first-order valence-electron chi connectivity index (χ1n) is 39.7. The van der Waals surface area contributed by atoms with E-state index in [-0.39, 0.29) is 73.1 Å². The number of rotatable bonds is 26. The van der Waals surface area contributed by atoms with Gasteiger partial charge in [-0.1, -0.05) is 216 Å². The average Bonchev–Trinajstić information content (AvgIpc) is 1.63. The van der Waals surface area contributed by atoms with Gasteiger partial charge in [0.2, 0.25) is 39.8 Å². The van der Waals surface area contributed by atoms with Crippen molar-refractivity contribution in [1.29, 1.82) is 21.6 Å². The Bertz CT molecular complexity index is 6390. The molecule has 22 nitrogen and oxygen atoms in total. The Morgan fingerprint density at radius 2 is 0.580 bits per heavy atom. The molecule has 23 heteroatoms. The first-order chi connectivity index (χ1) is 57.3. The summed E-state index contributed by atoms with van der Waals surface area (Å²) >= 11 is 0. The number of H-pyrrole nitrogens is 1. The number of nitrogens with zero attached hydrogens (tertiary/aromatic N) is 10. The number of aliphatic hydroxyl groups excluding tert-OH is 4. The molecule has 16 aromatic rings. The lowest BCUT2D eigenvalue weighted by Crippen LogP contribution is -2.31. The number of fused-ring (bicyclic) bond motifs is 4. The van der Waals surface area contributed by atoms with Gasteiger partial charge in [-0.05, 0) is 142 Å². The van der Waals surface area contributed by atoms with Gasteiger partial charge in [-0.15, -0.1) is 17.0 Å². The largest absolute Gasteiger partial charge is 0.481 e. The number of imidazole rings is 4. The van der Waals surface area contributed by atoms with Crippen LogP contribution in [0.15, 0.2) is 278 Å². The van der Waals surface area contributed by atoms with Gasteiger partial charge >= 0.3 is 0 Å². The number of aromatic amines is 1. The van der Waals surface area contributed by atoms with Crippen molar-refractivity contribution >= 4 is 61.1 Å². The molecular weight excluding hydrogens is 1560 g/mol. The molecule has 0 amide bonds.